The van der Waals surface area contributed by atoms with Crippen LogP contribution in [-0.4, -0.2) is 88.9 Å². The van der Waals surface area contributed by atoms with Gasteiger partial charge in [-0.2, -0.15) is 0 Å². The Hall–Kier alpha value is 2.26. The molecule has 96 valence electrons. The summed E-state index contributed by atoms with van der Waals surface area (Å²) in [7, 11) is -10.5. The molecule has 0 aliphatic heterocycles. The molecule has 0 rings (SSSR count). The summed E-state index contributed by atoms with van der Waals surface area (Å²) in [5.41, 5.74) is 0. The molecule has 0 unspecified atom stereocenters. The molecule has 0 bridgehead atoms. The molecule has 0 heterocycles. The van der Waals surface area contributed by atoms with Gasteiger partial charge in [0.15, 0.2) is 0 Å². The second-order valence-electron chi connectivity index (χ2n) is 3.32. The molecule has 0 saturated carbocycles. The van der Waals surface area contributed by atoms with Crippen LogP contribution in [0.1, 0.15) is 32.6 Å². The first-order valence-electron chi connectivity index (χ1n) is 4.40. The van der Waals surface area contributed by atoms with Gasteiger partial charge in [-0.25, -0.2) is 0 Å². The van der Waals surface area contributed by atoms with E-state index in [0.29, 0.717) is 12.8 Å². The van der Waals surface area contributed by atoms with Gasteiger partial charge < -0.3 is 24.7 Å². The molecule has 0 fully saturated rings. The van der Waals surface area contributed by atoms with Gasteiger partial charge in [0.2, 0.25) is 0 Å². The Morgan fingerprint density at radius 2 is 1.29 bits per heavy atom. The van der Waals surface area contributed by atoms with Gasteiger partial charge in [-0.3, -0.25) is 9.13 Å². The summed E-state index contributed by atoms with van der Waals surface area (Å²) >= 11 is 0. The molecule has 0 atom stereocenters. The molecule has 11 heteroatoms. The molecule has 0 aromatic heterocycles. The van der Waals surface area contributed by atoms with Crippen molar-refractivity contribution in [2.75, 3.05) is 0 Å². The first-order valence-corrected chi connectivity index (χ1v) is 7.62. The molecule has 0 aliphatic carbocycles. The van der Waals surface area contributed by atoms with Crippen molar-refractivity contribution >= 4 is 74.3 Å². The fourth-order valence-corrected chi connectivity index (χ4v) is 3.33. The maximum atomic E-state index is 10.8. The zero-order valence-electron chi connectivity index (χ0n) is 8.28. The second kappa shape index (κ2) is 9.24. The Kier molecular flexibility index (Phi) is 13.2. The predicted molar refractivity (Wildman–Crippen MR) is 67.5 cm³/mol. The van der Waals surface area contributed by atoms with E-state index in [2.05, 4.69) is 0 Å². The summed E-state index contributed by atoms with van der Waals surface area (Å²) in [4.78, 5) is 35.0. The van der Waals surface area contributed by atoms with E-state index >= 15 is 0 Å². The van der Waals surface area contributed by atoms with Gasteiger partial charge in [-0.15, -0.1) is 0 Å². The topological polar surface area (TPSA) is 135 Å². The Morgan fingerprint density at radius 1 is 0.941 bits per heavy atom. The van der Waals surface area contributed by atoms with E-state index in [1.54, 1.807) is 0 Å². The number of unbranched alkanes of at least 4 members (excludes halogenated alkanes) is 2. The van der Waals surface area contributed by atoms with E-state index < -0.39 is 26.7 Å². The Balaban J connectivity index is -0.000000980. The molecule has 5 N–H and O–H groups in total. The molecule has 0 aromatic rings. The van der Waals surface area contributed by atoms with Gasteiger partial charge in [0, 0.05) is 0 Å². The Labute approximate surface area is 144 Å². The van der Waals surface area contributed by atoms with Gasteiger partial charge >= 0.3 is 74.3 Å². The van der Waals surface area contributed by atoms with E-state index in [0.717, 1.165) is 0 Å². The SMILES string of the molecule is CCCCCC(O)(P(=O)(O)O)P(=O)(O)O.[NaH].[NaH]. The van der Waals surface area contributed by atoms with E-state index in [4.69, 9.17) is 19.6 Å². The van der Waals surface area contributed by atoms with Crippen molar-refractivity contribution in [1.29, 1.82) is 0 Å². The van der Waals surface area contributed by atoms with Crippen LogP contribution in [0.4, 0.5) is 0 Å². The summed E-state index contributed by atoms with van der Waals surface area (Å²) in [6.07, 6.45) is 0.763. The molecule has 0 radical (unpaired) electrons. The summed E-state index contributed by atoms with van der Waals surface area (Å²) < 4.78 is 21.7. The Bertz CT molecular complexity index is 277. The zero-order chi connectivity index (χ0) is 12.3. The minimum absolute atomic E-state index is 0. The van der Waals surface area contributed by atoms with Gasteiger partial charge in [-0.1, -0.05) is 19.8 Å². The fraction of sp³-hybridized carbons (Fsp3) is 1.00. The third kappa shape index (κ3) is 7.00. The molecule has 0 spiro atoms. The summed E-state index contributed by atoms with van der Waals surface area (Å²) in [6, 6.07) is 0. The van der Waals surface area contributed by atoms with Gasteiger partial charge in [-0.05, 0) is 12.8 Å². The average molecular weight is 310 g/mol. The van der Waals surface area contributed by atoms with Gasteiger partial charge in [0.1, 0.15) is 0 Å². The van der Waals surface area contributed by atoms with Crippen LogP contribution in [0.2, 0.25) is 0 Å². The summed E-state index contributed by atoms with van der Waals surface area (Å²) in [5, 5.41) is 6.14. The monoisotopic (exact) mass is 310 g/mol. The second-order valence-corrected chi connectivity index (χ2v) is 7.33. The van der Waals surface area contributed by atoms with Crippen molar-refractivity contribution in [2.24, 2.45) is 0 Å². The van der Waals surface area contributed by atoms with Crippen LogP contribution in [0.15, 0.2) is 0 Å². The average Bonchev–Trinajstić information content (AvgIpc) is 2.00. The molecule has 0 aliphatic rings. The van der Waals surface area contributed by atoms with Crippen LogP contribution >= 0.6 is 15.2 Å². The van der Waals surface area contributed by atoms with E-state index in [1.165, 1.54) is 0 Å². The maximum absolute atomic E-state index is 10.8. The third-order valence-corrected chi connectivity index (χ3v) is 5.93. The molecular formula is C6H18Na2O7P2. The summed E-state index contributed by atoms with van der Waals surface area (Å²) in [5.74, 6) is 0. The first-order chi connectivity index (χ1) is 6.56. The quantitative estimate of drug-likeness (QED) is 0.248. The molecular weight excluding hydrogens is 292 g/mol. The van der Waals surface area contributed by atoms with E-state index in [-0.39, 0.29) is 65.5 Å². The van der Waals surface area contributed by atoms with Crippen LogP contribution in [0, 0.1) is 0 Å². The number of hydrogen-bond donors (Lipinski definition) is 5. The normalized spacial score (nSPS) is 12.6. The van der Waals surface area contributed by atoms with Crippen molar-refractivity contribution in [2.45, 2.75) is 37.7 Å². The van der Waals surface area contributed by atoms with Crippen molar-refractivity contribution < 1.29 is 33.8 Å². The van der Waals surface area contributed by atoms with Crippen molar-refractivity contribution in [3.63, 3.8) is 0 Å². The van der Waals surface area contributed by atoms with Gasteiger partial charge in [0.05, 0.1) is 0 Å². The van der Waals surface area contributed by atoms with E-state index in [1.807, 2.05) is 6.92 Å². The molecule has 0 aromatic carbocycles. The first kappa shape index (κ1) is 24.3. The van der Waals surface area contributed by atoms with Crippen LogP contribution in [0.5, 0.6) is 0 Å². The molecule has 0 amide bonds. The Morgan fingerprint density at radius 3 is 1.53 bits per heavy atom. The van der Waals surface area contributed by atoms with Crippen LogP contribution in [0.25, 0.3) is 0 Å². The van der Waals surface area contributed by atoms with Crippen molar-refractivity contribution in [1.82, 2.24) is 0 Å². The van der Waals surface area contributed by atoms with Crippen molar-refractivity contribution in [3.8, 4) is 0 Å². The molecule has 0 saturated heterocycles. The zero-order valence-corrected chi connectivity index (χ0v) is 10.1. The van der Waals surface area contributed by atoms with Crippen LogP contribution in [-0.2, 0) is 9.13 Å². The van der Waals surface area contributed by atoms with Gasteiger partial charge in [0.25, 0.3) is 5.08 Å². The summed E-state index contributed by atoms with van der Waals surface area (Å²) in [6.45, 7) is 1.81. The number of rotatable bonds is 6. The number of hydrogen-bond acceptors (Lipinski definition) is 3. The third-order valence-electron chi connectivity index (χ3n) is 2.05. The minimum atomic E-state index is -5.26. The molecule has 7 nitrogen and oxygen atoms in total. The van der Waals surface area contributed by atoms with Crippen molar-refractivity contribution in [3.05, 3.63) is 0 Å². The van der Waals surface area contributed by atoms with Crippen LogP contribution in [0.3, 0.4) is 0 Å². The molecule has 17 heavy (non-hydrogen) atoms. The van der Waals surface area contributed by atoms with E-state index in [9.17, 15) is 14.2 Å². The fourth-order valence-electron chi connectivity index (χ4n) is 1.07. The number of aliphatic hydroxyl groups is 1. The predicted octanol–water partition coefficient (Wildman–Crippen LogP) is -0.729. The van der Waals surface area contributed by atoms with Crippen LogP contribution < -0.4 is 0 Å². The standard InChI is InChI=1S/C6H16O7P2.2Na.2H/c1-2-3-4-5-6(7,14(8,9)10)15(11,12)13;;;;/h7H,2-5H2,1H3,(H2,8,9,10)(H2,11,12,13);;;;.